The molecular formula is C20H22OSe. The van der Waals surface area contributed by atoms with Crippen molar-refractivity contribution in [3.63, 3.8) is 0 Å². The van der Waals surface area contributed by atoms with Crippen molar-refractivity contribution in [1.29, 1.82) is 0 Å². The van der Waals surface area contributed by atoms with Crippen LogP contribution >= 0.6 is 0 Å². The normalized spacial score (nSPS) is 11.4. The summed E-state index contributed by atoms with van der Waals surface area (Å²) >= 11 is 0.0698. The second kappa shape index (κ2) is 9.40. The molecule has 0 atom stereocenters. The van der Waals surface area contributed by atoms with E-state index in [0.29, 0.717) is 0 Å². The van der Waals surface area contributed by atoms with E-state index < -0.39 is 0 Å². The average molecular weight is 357 g/mol. The van der Waals surface area contributed by atoms with Crippen LogP contribution in [0.25, 0.3) is 0 Å². The predicted octanol–water partition coefficient (Wildman–Crippen LogP) is 4.36. The number of hydrogen-bond donors (Lipinski definition) is 0. The van der Waals surface area contributed by atoms with Crippen molar-refractivity contribution in [3.05, 3.63) is 76.8 Å². The molecule has 0 heterocycles. The number of carbonyl (C=O) groups is 1. The van der Waals surface area contributed by atoms with E-state index in [0.717, 1.165) is 22.9 Å². The molecule has 0 unspecified atom stereocenters. The molecule has 0 aromatic heterocycles. The molecule has 0 N–H and O–H groups in total. The molecule has 2 heteroatoms. The monoisotopic (exact) mass is 358 g/mol. The third kappa shape index (κ3) is 5.29. The van der Waals surface area contributed by atoms with Gasteiger partial charge in [0, 0.05) is 0 Å². The number of benzene rings is 2. The topological polar surface area (TPSA) is 17.1 Å². The van der Waals surface area contributed by atoms with Crippen LogP contribution in [-0.2, 0) is 0 Å². The maximum absolute atomic E-state index is 12.8. The van der Waals surface area contributed by atoms with E-state index in [4.69, 9.17) is 0 Å². The van der Waals surface area contributed by atoms with Crippen molar-refractivity contribution in [2.45, 2.75) is 32.6 Å². The molecule has 0 bridgehead atoms. The zero-order valence-electron chi connectivity index (χ0n) is 13.0. The van der Waals surface area contributed by atoms with Crippen molar-refractivity contribution < 1.29 is 4.79 Å². The van der Waals surface area contributed by atoms with Crippen LogP contribution in [0.15, 0.2) is 71.2 Å². The summed E-state index contributed by atoms with van der Waals surface area (Å²) in [4.78, 5) is 12.8. The first-order valence-corrected chi connectivity index (χ1v) is 9.55. The zero-order chi connectivity index (χ0) is 15.6. The Morgan fingerprint density at radius 2 is 1.59 bits per heavy atom. The molecule has 0 radical (unpaired) electrons. The number of unbranched alkanes of at least 4 members (excludes halogenated alkanes) is 3. The van der Waals surface area contributed by atoms with Gasteiger partial charge in [-0.05, 0) is 0 Å². The molecule has 0 aliphatic carbocycles. The van der Waals surface area contributed by atoms with Crippen molar-refractivity contribution in [3.8, 4) is 0 Å². The summed E-state index contributed by atoms with van der Waals surface area (Å²) in [7, 11) is 0. The van der Waals surface area contributed by atoms with Crippen LogP contribution in [0, 0.1) is 0 Å². The summed E-state index contributed by atoms with van der Waals surface area (Å²) in [5.41, 5.74) is 0.794. The summed E-state index contributed by atoms with van der Waals surface area (Å²) in [5.74, 6) is 0.181. The molecule has 22 heavy (non-hydrogen) atoms. The van der Waals surface area contributed by atoms with E-state index in [1.807, 2.05) is 48.5 Å². The van der Waals surface area contributed by atoms with Gasteiger partial charge in [0.1, 0.15) is 0 Å². The molecule has 0 aliphatic heterocycles. The van der Waals surface area contributed by atoms with Crippen LogP contribution in [-0.4, -0.2) is 20.7 Å². The number of rotatable bonds is 8. The summed E-state index contributed by atoms with van der Waals surface area (Å²) in [5, 5.41) is 0. The van der Waals surface area contributed by atoms with Gasteiger partial charge in [0.15, 0.2) is 0 Å². The molecule has 2 rings (SSSR count). The van der Waals surface area contributed by atoms with E-state index >= 15 is 0 Å². The Morgan fingerprint density at radius 3 is 2.23 bits per heavy atom. The predicted molar refractivity (Wildman–Crippen MR) is 94.8 cm³/mol. The second-order valence-corrected chi connectivity index (χ2v) is 7.51. The van der Waals surface area contributed by atoms with E-state index in [1.165, 1.54) is 17.3 Å². The summed E-state index contributed by atoms with van der Waals surface area (Å²) in [6.07, 6.45) is 6.75. The number of ketones is 1. The van der Waals surface area contributed by atoms with Crippen LogP contribution in [0.4, 0.5) is 0 Å². The van der Waals surface area contributed by atoms with Gasteiger partial charge in [0.25, 0.3) is 0 Å². The van der Waals surface area contributed by atoms with E-state index in [1.54, 1.807) is 0 Å². The number of hydrogen-bond acceptors (Lipinski definition) is 1. The van der Waals surface area contributed by atoms with Crippen molar-refractivity contribution in [1.82, 2.24) is 0 Å². The standard InChI is InChI=1S/C20H22OSe/c1-2-3-4-11-16-19(22-18-14-9-6-10-15-18)20(21)17-12-7-5-8-13-17/h5-10,12-16H,2-4,11H2,1H3/b19-16-. The van der Waals surface area contributed by atoms with Gasteiger partial charge in [-0.15, -0.1) is 0 Å². The van der Waals surface area contributed by atoms with Gasteiger partial charge in [-0.1, -0.05) is 0 Å². The molecule has 2 aromatic carbocycles. The van der Waals surface area contributed by atoms with Crippen molar-refractivity contribution >= 4 is 25.2 Å². The number of Topliss-reactive ketones (excluding diaryl/α,β-unsaturated/α-hetero) is 1. The number of carbonyl (C=O) groups excluding carboxylic acids is 1. The molecule has 1 nitrogen and oxygen atoms in total. The Hall–Kier alpha value is -1.63. The SMILES string of the molecule is CCCCC/C=C(\[Se]c1ccccc1)C(=O)c1ccccc1. The van der Waals surface area contributed by atoms with Crippen molar-refractivity contribution in [2.24, 2.45) is 0 Å². The van der Waals surface area contributed by atoms with Crippen molar-refractivity contribution in [2.75, 3.05) is 0 Å². The van der Waals surface area contributed by atoms with E-state index in [2.05, 4.69) is 25.1 Å². The molecule has 0 spiro atoms. The van der Waals surface area contributed by atoms with Crippen LogP contribution in [0.2, 0.25) is 0 Å². The van der Waals surface area contributed by atoms with Crippen LogP contribution in [0.3, 0.4) is 0 Å². The third-order valence-corrected chi connectivity index (χ3v) is 5.63. The molecule has 2 aromatic rings. The fourth-order valence-corrected chi connectivity index (χ4v) is 4.17. The fraction of sp³-hybridized carbons (Fsp3) is 0.250. The molecule has 0 aliphatic rings. The first-order valence-electron chi connectivity index (χ1n) is 7.84. The Labute approximate surface area is 139 Å². The van der Waals surface area contributed by atoms with Crippen LogP contribution in [0.5, 0.6) is 0 Å². The Balaban J connectivity index is 2.15. The van der Waals surface area contributed by atoms with Crippen LogP contribution < -0.4 is 4.46 Å². The van der Waals surface area contributed by atoms with Gasteiger partial charge in [-0.2, -0.15) is 0 Å². The van der Waals surface area contributed by atoms with Gasteiger partial charge < -0.3 is 0 Å². The summed E-state index contributed by atoms with van der Waals surface area (Å²) in [6, 6.07) is 19.9. The second-order valence-electron chi connectivity index (χ2n) is 5.17. The van der Waals surface area contributed by atoms with E-state index in [-0.39, 0.29) is 20.7 Å². The third-order valence-electron chi connectivity index (χ3n) is 3.37. The molecule has 0 saturated heterocycles. The van der Waals surface area contributed by atoms with Gasteiger partial charge in [0.2, 0.25) is 0 Å². The Bertz CT molecular complexity index is 602. The average Bonchev–Trinajstić information content (AvgIpc) is 2.59. The van der Waals surface area contributed by atoms with Gasteiger partial charge in [-0.3, -0.25) is 0 Å². The number of allylic oxidation sites excluding steroid dienone is 2. The van der Waals surface area contributed by atoms with Crippen LogP contribution in [0.1, 0.15) is 43.0 Å². The Morgan fingerprint density at radius 1 is 0.955 bits per heavy atom. The van der Waals surface area contributed by atoms with Gasteiger partial charge in [0.05, 0.1) is 0 Å². The molecule has 114 valence electrons. The molecule has 0 saturated carbocycles. The minimum atomic E-state index is 0.0698. The van der Waals surface area contributed by atoms with E-state index in [9.17, 15) is 4.79 Å². The van der Waals surface area contributed by atoms with Gasteiger partial charge in [-0.25, -0.2) is 0 Å². The Kier molecular flexibility index (Phi) is 7.15. The van der Waals surface area contributed by atoms with Gasteiger partial charge >= 0.3 is 139 Å². The quantitative estimate of drug-likeness (QED) is 0.297. The zero-order valence-corrected chi connectivity index (χ0v) is 14.7. The summed E-state index contributed by atoms with van der Waals surface area (Å²) < 4.78 is 2.22. The molecule has 0 amide bonds. The summed E-state index contributed by atoms with van der Waals surface area (Å²) in [6.45, 7) is 2.20. The maximum atomic E-state index is 12.8. The fourth-order valence-electron chi connectivity index (χ4n) is 2.16. The molecule has 0 fully saturated rings. The minimum absolute atomic E-state index is 0.0698. The molecular weight excluding hydrogens is 335 g/mol. The first-order chi connectivity index (χ1) is 10.8. The first kappa shape index (κ1) is 16.7.